The third-order valence-corrected chi connectivity index (χ3v) is 4.69. The molecule has 6 nitrogen and oxygen atoms in total. The van der Waals surface area contributed by atoms with Crippen molar-refractivity contribution < 1.29 is 9.47 Å². The maximum Gasteiger partial charge on any atom is 0.216 e. The Kier molecular flexibility index (Phi) is 4.81. The molecule has 0 radical (unpaired) electrons. The van der Waals surface area contributed by atoms with Gasteiger partial charge in [-0.15, -0.1) is 0 Å². The SMILES string of the molecule is CCOc1ccc2ccccc2c1/C=N\n1c(C2CCCO2)n[nH]c1=S. The molecule has 1 atom stereocenters. The number of benzene rings is 2. The molecule has 0 amide bonds. The Labute approximate surface area is 156 Å². The van der Waals surface area contributed by atoms with E-state index >= 15 is 0 Å². The summed E-state index contributed by atoms with van der Waals surface area (Å²) in [6.45, 7) is 3.30. The molecule has 0 spiro atoms. The molecule has 4 rings (SSSR count). The fourth-order valence-corrected chi connectivity index (χ4v) is 3.40. The van der Waals surface area contributed by atoms with Gasteiger partial charge in [0.25, 0.3) is 0 Å². The Morgan fingerprint density at radius 1 is 1.38 bits per heavy atom. The smallest absolute Gasteiger partial charge is 0.216 e. The minimum Gasteiger partial charge on any atom is -0.493 e. The molecular formula is C19H20N4O2S. The van der Waals surface area contributed by atoms with Crippen molar-refractivity contribution in [1.82, 2.24) is 14.9 Å². The first-order valence-corrected chi connectivity index (χ1v) is 9.16. The molecule has 2 aromatic carbocycles. The lowest BCUT2D eigenvalue weighted by Crippen LogP contribution is -2.06. The zero-order valence-corrected chi connectivity index (χ0v) is 15.3. The first-order chi connectivity index (χ1) is 12.8. The van der Waals surface area contributed by atoms with E-state index in [9.17, 15) is 0 Å². The van der Waals surface area contributed by atoms with Crippen LogP contribution in [0.25, 0.3) is 10.8 Å². The molecule has 2 heterocycles. The highest BCUT2D eigenvalue weighted by molar-refractivity contribution is 7.71. The van der Waals surface area contributed by atoms with Crippen molar-refractivity contribution in [2.75, 3.05) is 13.2 Å². The van der Waals surface area contributed by atoms with E-state index in [1.54, 1.807) is 10.9 Å². The van der Waals surface area contributed by atoms with Gasteiger partial charge in [0.05, 0.1) is 12.8 Å². The van der Waals surface area contributed by atoms with Crippen molar-refractivity contribution in [3.63, 3.8) is 0 Å². The van der Waals surface area contributed by atoms with Gasteiger partial charge >= 0.3 is 0 Å². The third-order valence-electron chi connectivity index (χ3n) is 4.43. The Morgan fingerprint density at radius 3 is 3.08 bits per heavy atom. The Hall–Kier alpha value is -2.51. The summed E-state index contributed by atoms with van der Waals surface area (Å²) >= 11 is 5.35. The van der Waals surface area contributed by atoms with E-state index in [2.05, 4.69) is 33.5 Å². The molecule has 1 fully saturated rings. The lowest BCUT2D eigenvalue weighted by Gasteiger charge is -2.11. The van der Waals surface area contributed by atoms with Crippen LogP contribution in [0.15, 0.2) is 41.5 Å². The van der Waals surface area contributed by atoms with Crippen LogP contribution in [0.4, 0.5) is 0 Å². The van der Waals surface area contributed by atoms with Crippen molar-refractivity contribution in [2.24, 2.45) is 5.10 Å². The second-order valence-electron chi connectivity index (χ2n) is 6.08. The van der Waals surface area contributed by atoms with E-state index in [1.165, 1.54) is 0 Å². The molecule has 1 aliphatic heterocycles. The molecule has 0 saturated carbocycles. The number of aromatic nitrogens is 3. The Balaban J connectivity index is 1.79. The molecule has 7 heteroatoms. The molecule has 1 N–H and O–H groups in total. The van der Waals surface area contributed by atoms with Gasteiger partial charge in [0.15, 0.2) is 5.82 Å². The number of hydrogen-bond acceptors (Lipinski definition) is 5. The first-order valence-electron chi connectivity index (χ1n) is 8.75. The Bertz CT molecular complexity index is 1000. The summed E-state index contributed by atoms with van der Waals surface area (Å²) in [5.74, 6) is 1.51. The molecule has 1 aliphatic rings. The van der Waals surface area contributed by atoms with Crippen molar-refractivity contribution in [2.45, 2.75) is 25.9 Å². The molecule has 1 saturated heterocycles. The van der Waals surface area contributed by atoms with Gasteiger partial charge in [-0.25, -0.2) is 0 Å². The first kappa shape index (κ1) is 16.9. The van der Waals surface area contributed by atoms with Crippen LogP contribution in [0.5, 0.6) is 5.75 Å². The predicted octanol–water partition coefficient (Wildman–Crippen LogP) is 4.23. The van der Waals surface area contributed by atoms with E-state index in [0.717, 1.165) is 41.5 Å². The average molecular weight is 368 g/mol. The number of rotatable bonds is 5. The lowest BCUT2D eigenvalue weighted by molar-refractivity contribution is 0.102. The number of nitrogens with zero attached hydrogens (tertiary/aromatic N) is 3. The summed E-state index contributed by atoms with van der Waals surface area (Å²) in [4.78, 5) is 0. The van der Waals surface area contributed by atoms with E-state index in [1.807, 2.05) is 25.1 Å². The largest absolute Gasteiger partial charge is 0.493 e. The minimum absolute atomic E-state index is 0.0704. The summed E-state index contributed by atoms with van der Waals surface area (Å²) in [7, 11) is 0. The highest BCUT2D eigenvalue weighted by atomic mass is 32.1. The second kappa shape index (κ2) is 7.39. The predicted molar refractivity (Wildman–Crippen MR) is 103 cm³/mol. The molecule has 1 aromatic heterocycles. The summed E-state index contributed by atoms with van der Waals surface area (Å²) in [6.07, 6.45) is 3.66. The van der Waals surface area contributed by atoms with Crippen LogP contribution < -0.4 is 4.74 Å². The fraction of sp³-hybridized carbons (Fsp3) is 0.316. The van der Waals surface area contributed by atoms with Crippen molar-refractivity contribution in [3.05, 3.63) is 52.6 Å². The maximum absolute atomic E-state index is 5.80. The number of nitrogens with one attached hydrogen (secondary N) is 1. The zero-order chi connectivity index (χ0) is 17.9. The summed E-state index contributed by atoms with van der Waals surface area (Å²) in [5, 5.41) is 13.9. The molecule has 0 bridgehead atoms. The number of fused-ring (bicyclic) bond motifs is 1. The summed E-state index contributed by atoms with van der Waals surface area (Å²) in [5.41, 5.74) is 0.923. The van der Waals surface area contributed by atoms with Gasteiger partial charge in [-0.1, -0.05) is 30.3 Å². The van der Waals surface area contributed by atoms with E-state index in [4.69, 9.17) is 21.7 Å². The van der Waals surface area contributed by atoms with Crippen LogP contribution in [0.2, 0.25) is 0 Å². The number of hydrogen-bond donors (Lipinski definition) is 1. The van der Waals surface area contributed by atoms with Crippen molar-refractivity contribution in [3.8, 4) is 5.75 Å². The van der Waals surface area contributed by atoms with E-state index < -0.39 is 0 Å². The van der Waals surface area contributed by atoms with Crippen LogP contribution in [-0.4, -0.2) is 34.3 Å². The van der Waals surface area contributed by atoms with Gasteiger partial charge in [0.1, 0.15) is 11.9 Å². The number of ether oxygens (including phenoxy) is 2. The van der Waals surface area contributed by atoms with Gasteiger partial charge in [0, 0.05) is 12.2 Å². The molecular weight excluding hydrogens is 348 g/mol. The average Bonchev–Trinajstić information content (AvgIpc) is 3.31. The van der Waals surface area contributed by atoms with Gasteiger partial charge in [-0.2, -0.15) is 14.9 Å². The van der Waals surface area contributed by atoms with E-state index in [-0.39, 0.29) is 6.10 Å². The normalized spacial score (nSPS) is 17.3. The van der Waals surface area contributed by atoms with Crippen LogP contribution in [-0.2, 0) is 4.74 Å². The van der Waals surface area contributed by atoms with Crippen LogP contribution in [0.3, 0.4) is 0 Å². The topological polar surface area (TPSA) is 64.4 Å². The van der Waals surface area contributed by atoms with Crippen LogP contribution in [0, 0.1) is 4.77 Å². The Morgan fingerprint density at radius 2 is 2.27 bits per heavy atom. The highest BCUT2D eigenvalue weighted by Crippen LogP contribution is 2.28. The molecule has 1 unspecified atom stereocenters. The van der Waals surface area contributed by atoms with Crippen molar-refractivity contribution >= 4 is 29.2 Å². The fourth-order valence-electron chi connectivity index (χ4n) is 3.21. The quantitative estimate of drug-likeness (QED) is 0.541. The molecule has 26 heavy (non-hydrogen) atoms. The number of H-pyrrole nitrogens is 1. The standard InChI is InChI=1S/C19H20N4O2S/c1-2-24-16-10-9-13-6-3-4-7-14(13)15(16)12-20-23-18(21-22-19(23)26)17-8-5-11-25-17/h3-4,6-7,9-10,12,17H,2,5,8,11H2,1H3,(H,22,26)/b20-12-. The zero-order valence-electron chi connectivity index (χ0n) is 14.5. The van der Waals surface area contributed by atoms with Gasteiger partial charge in [-0.05, 0) is 48.8 Å². The lowest BCUT2D eigenvalue weighted by atomic mass is 10.0. The van der Waals surface area contributed by atoms with Gasteiger partial charge in [0.2, 0.25) is 4.77 Å². The van der Waals surface area contributed by atoms with Crippen LogP contribution in [0.1, 0.15) is 37.3 Å². The maximum atomic E-state index is 5.80. The van der Waals surface area contributed by atoms with E-state index in [0.29, 0.717) is 17.2 Å². The second-order valence-corrected chi connectivity index (χ2v) is 6.46. The van der Waals surface area contributed by atoms with Crippen molar-refractivity contribution in [1.29, 1.82) is 0 Å². The van der Waals surface area contributed by atoms with Gasteiger partial charge < -0.3 is 9.47 Å². The third kappa shape index (κ3) is 3.15. The molecule has 3 aromatic rings. The van der Waals surface area contributed by atoms with Crippen LogP contribution >= 0.6 is 12.2 Å². The monoisotopic (exact) mass is 368 g/mol. The minimum atomic E-state index is -0.0704. The highest BCUT2D eigenvalue weighted by Gasteiger charge is 2.23. The molecule has 0 aliphatic carbocycles. The summed E-state index contributed by atoms with van der Waals surface area (Å²) in [6, 6.07) is 12.2. The number of aromatic amines is 1. The summed E-state index contributed by atoms with van der Waals surface area (Å²) < 4.78 is 13.6. The molecule has 134 valence electrons. The van der Waals surface area contributed by atoms with Gasteiger partial charge in [-0.3, -0.25) is 5.10 Å².